The van der Waals surface area contributed by atoms with Crippen molar-refractivity contribution in [2.45, 2.75) is 72.6 Å². The van der Waals surface area contributed by atoms with E-state index in [1.54, 1.807) is 0 Å². The summed E-state index contributed by atoms with van der Waals surface area (Å²) in [6.07, 6.45) is 10.2. The molecule has 0 amide bonds. The fraction of sp³-hybridized carbons (Fsp3) is 0.812. The molecule has 0 radical (unpaired) electrons. The molecule has 18 heavy (non-hydrogen) atoms. The highest BCUT2D eigenvalue weighted by atomic mass is 16.5. The molecule has 106 valence electrons. The van der Waals surface area contributed by atoms with Crippen molar-refractivity contribution in [3.63, 3.8) is 0 Å². The molecule has 1 atom stereocenters. The minimum absolute atomic E-state index is 0.145. The van der Waals surface area contributed by atoms with Crippen molar-refractivity contribution in [1.82, 2.24) is 0 Å². The number of esters is 1. The maximum atomic E-state index is 11.7. The van der Waals surface area contributed by atoms with E-state index in [1.807, 2.05) is 6.92 Å². The fourth-order valence-electron chi connectivity index (χ4n) is 1.93. The van der Waals surface area contributed by atoms with Gasteiger partial charge in [-0.2, -0.15) is 0 Å². The van der Waals surface area contributed by atoms with Crippen LogP contribution in [0, 0.1) is 5.92 Å². The number of hydrogen-bond donors (Lipinski definition) is 0. The Kier molecular flexibility index (Phi) is 10.8. The van der Waals surface area contributed by atoms with Crippen LogP contribution in [0.25, 0.3) is 0 Å². The van der Waals surface area contributed by atoms with Gasteiger partial charge < -0.3 is 4.74 Å². The van der Waals surface area contributed by atoms with Gasteiger partial charge in [-0.3, -0.25) is 0 Å². The Hall–Kier alpha value is -0.790. The highest BCUT2D eigenvalue weighted by molar-refractivity contribution is 5.87. The molecule has 2 heteroatoms. The summed E-state index contributed by atoms with van der Waals surface area (Å²) >= 11 is 0. The Balaban J connectivity index is 3.87. The minimum Gasteiger partial charge on any atom is -0.462 e. The van der Waals surface area contributed by atoms with Crippen molar-refractivity contribution >= 4 is 5.97 Å². The highest BCUT2D eigenvalue weighted by Gasteiger charge is 2.07. The Morgan fingerprint density at radius 1 is 1.11 bits per heavy atom. The lowest BCUT2D eigenvalue weighted by Gasteiger charge is -2.08. The maximum Gasteiger partial charge on any atom is 0.333 e. The van der Waals surface area contributed by atoms with Crippen LogP contribution >= 0.6 is 0 Å². The van der Waals surface area contributed by atoms with E-state index in [-0.39, 0.29) is 5.97 Å². The molecular weight excluding hydrogens is 224 g/mol. The Bertz CT molecular complexity index is 243. The van der Waals surface area contributed by atoms with Gasteiger partial charge in [0.05, 0.1) is 6.61 Å². The average Bonchev–Trinajstić information content (AvgIpc) is 2.34. The zero-order valence-corrected chi connectivity index (χ0v) is 12.6. The summed E-state index contributed by atoms with van der Waals surface area (Å²) in [5.74, 6) is 0.327. The Labute approximate surface area is 113 Å². The van der Waals surface area contributed by atoms with E-state index in [4.69, 9.17) is 4.74 Å². The van der Waals surface area contributed by atoms with Crippen LogP contribution in [0.5, 0.6) is 0 Å². The standard InChI is InChI=1S/C16H30O2/c1-5-7-9-11-14(3)13-15(4)16(17)18-12-10-8-6-2/h13-14H,5-12H2,1-4H3. The van der Waals surface area contributed by atoms with Crippen molar-refractivity contribution in [2.75, 3.05) is 6.61 Å². The van der Waals surface area contributed by atoms with Crippen LogP contribution in [0.1, 0.15) is 72.6 Å². The number of carbonyl (C=O) groups excluding carboxylic acids is 1. The zero-order chi connectivity index (χ0) is 13.8. The van der Waals surface area contributed by atoms with Gasteiger partial charge in [0.2, 0.25) is 0 Å². The molecule has 0 spiro atoms. The summed E-state index contributed by atoms with van der Waals surface area (Å²) in [5.41, 5.74) is 0.760. The summed E-state index contributed by atoms with van der Waals surface area (Å²) in [4.78, 5) is 11.7. The van der Waals surface area contributed by atoms with Crippen molar-refractivity contribution in [3.05, 3.63) is 11.6 Å². The summed E-state index contributed by atoms with van der Waals surface area (Å²) in [7, 11) is 0. The van der Waals surface area contributed by atoms with Crippen molar-refractivity contribution in [3.8, 4) is 0 Å². The van der Waals surface area contributed by atoms with Crippen LogP contribution < -0.4 is 0 Å². The lowest BCUT2D eigenvalue weighted by Crippen LogP contribution is -2.08. The first kappa shape index (κ1) is 17.2. The number of carbonyl (C=O) groups is 1. The molecule has 0 aromatic rings. The van der Waals surface area contributed by atoms with E-state index in [1.165, 1.54) is 19.3 Å². The third kappa shape index (κ3) is 9.26. The van der Waals surface area contributed by atoms with Gasteiger partial charge in [0.1, 0.15) is 0 Å². The third-order valence-corrected chi connectivity index (χ3v) is 3.10. The van der Waals surface area contributed by atoms with Crippen LogP contribution in [0.15, 0.2) is 11.6 Å². The average molecular weight is 254 g/mol. The molecule has 2 nitrogen and oxygen atoms in total. The second-order valence-electron chi connectivity index (χ2n) is 5.17. The molecule has 0 aliphatic carbocycles. The van der Waals surface area contributed by atoms with E-state index in [0.29, 0.717) is 12.5 Å². The maximum absolute atomic E-state index is 11.7. The molecular formula is C16H30O2. The Morgan fingerprint density at radius 2 is 1.72 bits per heavy atom. The molecule has 0 N–H and O–H groups in total. The molecule has 0 rings (SSSR count). The predicted octanol–water partition coefficient (Wildman–Crippen LogP) is 4.88. The fourth-order valence-corrected chi connectivity index (χ4v) is 1.93. The molecule has 0 aromatic carbocycles. The summed E-state index contributed by atoms with van der Waals surface area (Å²) in [6, 6.07) is 0. The van der Waals surface area contributed by atoms with Crippen LogP contribution in [0.4, 0.5) is 0 Å². The Morgan fingerprint density at radius 3 is 2.33 bits per heavy atom. The predicted molar refractivity (Wildman–Crippen MR) is 77.5 cm³/mol. The van der Waals surface area contributed by atoms with E-state index in [9.17, 15) is 4.79 Å². The topological polar surface area (TPSA) is 26.3 Å². The van der Waals surface area contributed by atoms with Gasteiger partial charge in [0.15, 0.2) is 0 Å². The van der Waals surface area contributed by atoms with E-state index in [0.717, 1.165) is 31.3 Å². The monoisotopic (exact) mass is 254 g/mol. The summed E-state index contributed by atoms with van der Waals surface area (Å²) in [6.45, 7) is 8.94. The van der Waals surface area contributed by atoms with E-state index < -0.39 is 0 Å². The molecule has 0 bridgehead atoms. The quantitative estimate of drug-likeness (QED) is 0.315. The number of ether oxygens (including phenoxy) is 1. The highest BCUT2D eigenvalue weighted by Crippen LogP contribution is 2.13. The van der Waals surface area contributed by atoms with Crippen molar-refractivity contribution in [2.24, 2.45) is 5.92 Å². The molecule has 0 heterocycles. The van der Waals surface area contributed by atoms with Gasteiger partial charge in [-0.1, -0.05) is 59.0 Å². The van der Waals surface area contributed by atoms with Crippen molar-refractivity contribution < 1.29 is 9.53 Å². The van der Waals surface area contributed by atoms with E-state index >= 15 is 0 Å². The van der Waals surface area contributed by atoms with Crippen molar-refractivity contribution in [1.29, 1.82) is 0 Å². The van der Waals surface area contributed by atoms with Gasteiger partial charge in [-0.05, 0) is 25.7 Å². The number of allylic oxidation sites excluding steroid dienone is 1. The molecule has 0 fully saturated rings. The van der Waals surface area contributed by atoms with E-state index in [2.05, 4.69) is 26.8 Å². The van der Waals surface area contributed by atoms with Crippen LogP contribution in [0.3, 0.4) is 0 Å². The summed E-state index contributed by atoms with van der Waals surface area (Å²) < 4.78 is 5.23. The molecule has 0 saturated heterocycles. The molecule has 0 aromatic heterocycles. The summed E-state index contributed by atoms with van der Waals surface area (Å²) in [5, 5.41) is 0. The SMILES string of the molecule is CCCCCOC(=O)C(C)=CC(C)CCCCC. The van der Waals surface area contributed by atoms with Gasteiger partial charge in [-0.25, -0.2) is 4.79 Å². The number of hydrogen-bond acceptors (Lipinski definition) is 2. The third-order valence-electron chi connectivity index (χ3n) is 3.10. The minimum atomic E-state index is -0.145. The first-order valence-electron chi connectivity index (χ1n) is 7.47. The zero-order valence-electron chi connectivity index (χ0n) is 12.6. The first-order chi connectivity index (χ1) is 8.61. The van der Waals surface area contributed by atoms with Gasteiger partial charge in [0.25, 0.3) is 0 Å². The first-order valence-corrected chi connectivity index (χ1v) is 7.47. The molecule has 0 aliphatic heterocycles. The van der Waals surface area contributed by atoms with Crippen LogP contribution in [0.2, 0.25) is 0 Å². The molecule has 0 saturated carbocycles. The normalized spacial score (nSPS) is 13.4. The van der Waals surface area contributed by atoms with Gasteiger partial charge in [0, 0.05) is 5.57 Å². The smallest absolute Gasteiger partial charge is 0.333 e. The number of rotatable bonds is 10. The van der Waals surface area contributed by atoms with Gasteiger partial charge in [-0.15, -0.1) is 0 Å². The van der Waals surface area contributed by atoms with Gasteiger partial charge >= 0.3 is 5.97 Å². The number of unbranched alkanes of at least 4 members (excludes halogenated alkanes) is 4. The second-order valence-corrected chi connectivity index (χ2v) is 5.17. The lowest BCUT2D eigenvalue weighted by molar-refractivity contribution is -0.139. The second kappa shape index (κ2) is 11.3. The lowest BCUT2D eigenvalue weighted by atomic mass is 10.0. The molecule has 0 aliphatic rings. The van der Waals surface area contributed by atoms with Crippen LogP contribution in [-0.4, -0.2) is 12.6 Å². The van der Waals surface area contributed by atoms with Crippen LogP contribution in [-0.2, 0) is 9.53 Å². The molecule has 1 unspecified atom stereocenters. The largest absolute Gasteiger partial charge is 0.462 e.